The molecule has 0 aromatic heterocycles. The first kappa shape index (κ1) is 23.4. The van der Waals surface area contributed by atoms with Crippen LogP contribution >= 0.6 is 23.5 Å². The summed E-state index contributed by atoms with van der Waals surface area (Å²) in [6, 6.07) is 40.3. The van der Waals surface area contributed by atoms with Gasteiger partial charge in [-0.3, -0.25) is 4.99 Å². The Morgan fingerprint density at radius 2 is 1.11 bits per heavy atom. The van der Waals surface area contributed by atoms with Gasteiger partial charge in [-0.05, 0) is 93.3 Å². The molecule has 0 fully saturated rings. The average Bonchev–Trinajstić information content (AvgIpc) is 3.26. The van der Waals surface area contributed by atoms with E-state index in [0.29, 0.717) is 0 Å². The van der Waals surface area contributed by atoms with Crippen molar-refractivity contribution < 1.29 is 0 Å². The third-order valence-electron chi connectivity index (χ3n) is 7.27. The van der Waals surface area contributed by atoms with Crippen molar-refractivity contribution >= 4 is 61.7 Å². The molecular formula is C34H26N2S2. The Labute approximate surface area is 231 Å². The summed E-state index contributed by atoms with van der Waals surface area (Å²) in [5.41, 5.74) is 2.53. The molecule has 0 aliphatic carbocycles. The molecule has 0 saturated carbocycles. The van der Waals surface area contributed by atoms with Crippen molar-refractivity contribution in [2.45, 2.75) is 32.5 Å². The van der Waals surface area contributed by atoms with Gasteiger partial charge in [0.25, 0.3) is 0 Å². The van der Waals surface area contributed by atoms with E-state index in [4.69, 9.17) is 0 Å². The van der Waals surface area contributed by atoms with E-state index < -0.39 is 0 Å². The van der Waals surface area contributed by atoms with Crippen molar-refractivity contribution in [1.29, 1.82) is 0 Å². The molecule has 0 radical (unpaired) electrons. The van der Waals surface area contributed by atoms with E-state index in [2.05, 4.69) is 126 Å². The molecular weight excluding hydrogens is 501 g/mol. The maximum absolute atomic E-state index is 4.50. The fourth-order valence-corrected chi connectivity index (χ4v) is 7.40. The van der Waals surface area contributed by atoms with Crippen LogP contribution in [0.5, 0.6) is 0 Å². The zero-order valence-corrected chi connectivity index (χ0v) is 22.9. The van der Waals surface area contributed by atoms with Gasteiger partial charge in [-0.25, -0.2) is 0 Å². The summed E-state index contributed by atoms with van der Waals surface area (Å²) >= 11 is 3.69. The Balaban J connectivity index is 1.36. The van der Waals surface area contributed by atoms with Crippen LogP contribution < -0.4 is 5.32 Å². The Kier molecular flexibility index (Phi) is 5.87. The van der Waals surface area contributed by atoms with Crippen molar-refractivity contribution in [3.05, 3.63) is 120 Å². The van der Waals surface area contributed by atoms with Crippen LogP contribution in [-0.2, 0) is 0 Å². The van der Waals surface area contributed by atoms with Gasteiger partial charge in [0.2, 0.25) is 0 Å². The Morgan fingerprint density at radius 3 is 1.66 bits per heavy atom. The molecule has 0 saturated heterocycles. The summed E-state index contributed by atoms with van der Waals surface area (Å²) in [5.74, 6) is 0.979. The molecule has 0 bridgehead atoms. The maximum Gasteiger partial charge on any atom is 0.128 e. The predicted octanol–water partition coefficient (Wildman–Crippen LogP) is 9.49. The molecule has 184 valence electrons. The second-order valence-electron chi connectivity index (χ2n) is 9.75. The van der Waals surface area contributed by atoms with Gasteiger partial charge in [-0.15, -0.1) is 0 Å². The van der Waals surface area contributed by atoms with Gasteiger partial charge in [0.05, 0.1) is 6.04 Å². The van der Waals surface area contributed by atoms with E-state index in [-0.39, 0.29) is 6.04 Å². The first-order valence-electron chi connectivity index (χ1n) is 12.8. The normalized spacial score (nSPS) is 15.8. The Morgan fingerprint density at radius 1 is 0.579 bits per heavy atom. The lowest BCUT2D eigenvalue weighted by atomic mass is 9.99. The topological polar surface area (TPSA) is 24.4 Å². The molecule has 1 unspecified atom stereocenters. The van der Waals surface area contributed by atoms with Gasteiger partial charge in [0.1, 0.15) is 5.84 Å². The van der Waals surface area contributed by atoms with Gasteiger partial charge in [-0.2, -0.15) is 0 Å². The van der Waals surface area contributed by atoms with Crippen molar-refractivity contribution in [1.82, 2.24) is 5.32 Å². The maximum atomic E-state index is 4.50. The van der Waals surface area contributed by atoms with Gasteiger partial charge in [0.15, 0.2) is 0 Å². The van der Waals surface area contributed by atoms with Crippen LogP contribution in [0.25, 0.3) is 32.3 Å². The SMILES string of the molecule is CN=C1NC(C)c2cc3cc(Sc4ccc5ccccc5c4)c(Sc4ccc5ccccc5c4)cc3cc21. The van der Waals surface area contributed by atoms with E-state index in [1.54, 1.807) is 0 Å². The van der Waals surface area contributed by atoms with Crippen LogP contribution in [0, 0.1) is 0 Å². The van der Waals surface area contributed by atoms with Crippen molar-refractivity contribution in [2.24, 2.45) is 4.99 Å². The van der Waals surface area contributed by atoms with Crippen LogP contribution in [0.1, 0.15) is 24.1 Å². The Hall–Kier alpha value is -3.73. The van der Waals surface area contributed by atoms with Crippen LogP contribution in [0.4, 0.5) is 0 Å². The van der Waals surface area contributed by atoms with Crippen LogP contribution in [-0.4, -0.2) is 12.9 Å². The predicted molar refractivity (Wildman–Crippen MR) is 164 cm³/mol. The molecule has 4 heteroatoms. The summed E-state index contributed by atoms with van der Waals surface area (Å²) in [6.45, 7) is 2.21. The molecule has 1 N–H and O–H groups in total. The molecule has 2 nitrogen and oxygen atoms in total. The smallest absolute Gasteiger partial charge is 0.128 e. The zero-order valence-electron chi connectivity index (χ0n) is 21.2. The number of benzene rings is 6. The fraction of sp³-hybridized carbons (Fsp3) is 0.0882. The first-order chi connectivity index (χ1) is 18.6. The molecule has 1 aliphatic rings. The molecule has 6 aromatic carbocycles. The number of rotatable bonds is 4. The van der Waals surface area contributed by atoms with E-state index in [0.717, 1.165) is 5.84 Å². The van der Waals surface area contributed by atoms with Crippen molar-refractivity contribution in [2.75, 3.05) is 7.05 Å². The second kappa shape index (κ2) is 9.54. The molecule has 1 aliphatic heterocycles. The third kappa shape index (κ3) is 4.24. The highest BCUT2D eigenvalue weighted by molar-refractivity contribution is 8.02. The second-order valence-corrected chi connectivity index (χ2v) is 12.0. The molecule has 1 heterocycles. The number of aliphatic imine (C=N–C) groups is 1. The summed E-state index contributed by atoms with van der Waals surface area (Å²) in [6.07, 6.45) is 0. The minimum absolute atomic E-state index is 0.261. The van der Waals surface area contributed by atoms with Crippen molar-refractivity contribution in [3.63, 3.8) is 0 Å². The highest BCUT2D eigenvalue weighted by Crippen LogP contribution is 2.43. The monoisotopic (exact) mass is 526 g/mol. The van der Waals surface area contributed by atoms with Crippen LogP contribution in [0.15, 0.2) is 134 Å². The highest BCUT2D eigenvalue weighted by Gasteiger charge is 2.24. The summed E-state index contributed by atoms with van der Waals surface area (Å²) in [7, 11) is 1.86. The quantitative estimate of drug-likeness (QED) is 0.247. The van der Waals surface area contributed by atoms with E-state index >= 15 is 0 Å². The molecule has 1 atom stereocenters. The van der Waals surface area contributed by atoms with Crippen molar-refractivity contribution in [3.8, 4) is 0 Å². The molecule has 6 aromatic rings. The van der Waals surface area contributed by atoms with E-state index in [9.17, 15) is 0 Å². The number of fused-ring (bicyclic) bond motifs is 4. The van der Waals surface area contributed by atoms with Gasteiger partial charge in [-0.1, -0.05) is 84.2 Å². The lowest BCUT2D eigenvalue weighted by Crippen LogP contribution is -2.17. The number of hydrogen-bond acceptors (Lipinski definition) is 3. The van der Waals surface area contributed by atoms with Crippen LogP contribution in [0.3, 0.4) is 0 Å². The molecule has 38 heavy (non-hydrogen) atoms. The lowest BCUT2D eigenvalue weighted by Gasteiger charge is -2.14. The molecule has 0 amide bonds. The standard InChI is InChI=1S/C34H26N2S2/c1-21-30-17-26-19-32(37-28-13-11-22-7-3-5-9-24(22)15-28)33(20-27(26)18-31(30)34(35-2)36-21)38-29-14-12-23-8-4-6-10-25(23)16-29/h3-21H,1-2H3,(H,35,36). The van der Waals surface area contributed by atoms with Crippen LogP contribution in [0.2, 0.25) is 0 Å². The minimum atomic E-state index is 0.261. The first-order valence-corrected chi connectivity index (χ1v) is 14.5. The van der Waals surface area contributed by atoms with Gasteiger partial charge >= 0.3 is 0 Å². The zero-order chi connectivity index (χ0) is 25.6. The Bertz CT molecular complexity index is 1890. The number of amidine groups is 1. The third-order valence-corrected chi connectivity index (χ3v) is 9.49. The molecule has 0 spiro atoms. The fourth-order valence-electron chi connectivity index (χ4n) is 5.31. The van der Waals surface area contributed by atoms with Gasteiger partial charge < -0.3 is 5.32 Å². The van der Waals surface area contributed by atoms with E-state index in [1.807, 2.05) is 30.6 Å². The van der Waals surface area contributed by atoms with E-state index in [1.165, 1.54) is 63.0 Å². The summed E-state index contributed by atoms with van der Waals surface area (Å²) in [5, 5.41) is 11.1. The minimum Gasteiger partial charge on any atom is -0.363 e. The lowest BCUT2D eigenvalue weighted by molar-refractivity contribution is 0.747. The molecule has 7 rings (SSSR count). The number of nitrogens with one attached hydrogen (secondary N) is 1. The summed E-state index contributed by atoms with van der Waals surface area (Å²) < 4.78 is 0. The number of nitrogens with zero attached hydrogens (tertiary/aromatic N) is 1. The summed E-state index contributed by atoms with van der Waals surface area (Å²) in [4.78, 5) is 9.53. The number of hydrogen-bond donors (Lipinski definition) is 1. The average molecular weight is 527 g/mol. The largest absolute Gasteiger partial charge is 0.363 e. The van der Waals surface area contributed by atoms with Gasteiger partial charge in [0, 0.05) is 32.2 Å². The highest BCUT2D eigenvalue weighted by atomic mass is 32.2.